The zero-order chi connectivity index (χ0) is 13.2. The fourth-order valence-electron chi connectivity index (χ4n) is 2.89. The Labute approximate surface area is 108 Å². The third-order valence-electron chi connectivity index (χ3n) is 3.97. The molecular weight excluding hydrogens is 254 g/mol. The minimum atomic E-state index is -2.89. The van der Waals surface area contributed by atoms with Crippen LogP contribution in [0.1, 0.15) is 25.7 Å². The molecule has 2 heterocycles. The summed E-state index contributed by atoms with van der Waals surface area (Å²) in [5.74, 6) is 0.910. The second-order valence-corrected chi connectivity index (χ2v) is 7.71. The highest BCUT2D eigenvalue weighted by atomic mass is 32.2. The zero-order valence-electron chi connectivity index (χ0n) is 10.5. The van der Waals surface area contributed by atoms with Crippen molar-refractivity contribution in [3.8, 4) is 0 Å². The summed E-state index contributed by atoms with van der Waals surface area (Å²) < 4.78 is 22.7. The average molecular weight is 275 g/mol. The van der Waals surface area contributed by atoms with Crippen LogP contribution in [0.2, 0.25) is 0 Å². The van der Waals surface area contributed by atoms with Gasteiger partial charge in [0.05, 0.1) is 11.5 Å². The lowest BCUT2D eigenvalue weighted by Crippen LogP contribution is -2.30. The van der Waals surface area contributed by atoms with Crippen molar-refractivity contribution in [2.45, 2.75) is 25.7 Å². The highest BCUT2D eigenvalue weighted by Gasteiger charge is 2.32. The zero-order valence-corrected chi connectivity index (χ0v) is 11.4. The van der Waals surface area contributed by atoms with Crippen LogP contribution in [-0.2, 0) is 14.6 Å². The van der Waals surface area contributed by atoms with Gasteiger partial charge in [-0.25, -0.2) is 8.42 Å². The second-order valence-electron chi connectivity index (χ2n) is 5.48. The molecule has 18 heavy (non-hydrogen) atoms. The molecule has 1 amide bonds. The van der Waals surface area contributed by atoms with Gasteiger partial charge in [0.1, 0.15) is 0 Å². The van der Waals surface area contributed by atoms with Gasteiger partial charge in [-0.05, 0) is 31.1 Å². The lowest BCUT2D eigenvalue weighted by Gasteiger charge is -2.18. The van der Waals surface area contributed by atoms with Crippen molar-refractivity contribution in [3.05, 3.63) is 0 Å². The normalized spacial score (nSPS) is 30.8. The minimum Gasteiger partial charge on any atom is -0.396 e. The first kappa shape index (κ1) is 13.8. The molecule has 6 heteroatoms. The van der Waals surface area contributed by atoms with Crippen molar-refractivity contribution in [3.63, 3.8) is 0 Å². The smallest absolute Gasteiger partial charge is 0.222 e. The van der Waals surface area contributed by atoms with Crippen molar-refractivity contribution in [2.24, 2.45) is 11.8 Å². The molecule has 0 aromatic heterocycles. The Kier molecular flexibility index (Phi) is 4.27. The Hall–Kier alpha value is -0.620. The highest BCUT2D eigenvalue weighted by molar-refractivity contribution is 7.91. The largest absolute Gasteiger partial charge is 0.396 e. The topological polar surface area (TPSA) is 74.7 Å². The summed E-state index contributed by atoms with van der Waals surface area (Å²) in [4.78, 5) is 13.9. The summed E-state index contributed by atoms with van der Waals surface area (Å²) in [5.41, 5.74) is 0. The number of hydrogen-bond acceptors (Lipinski definition) is 4. The molecule has 2 aliphatic rings. The van der Waals surface area contributed by atoms with Gasteiger partial charge in [-0.3, -0.25) is 4.79 Å². The number of carbonyl (C=O) groups excluding carboxylic acids is 1. The Morgan fingerprint density at radius 3 is 2.67 bits per heavy atom. The molecule has 0 saturated carbocycles. The molecule has 1 N–H and O–H groups in total. The number of aliphatic hydroxyl groups excluding tert-OH is 1. The SMILES string of the molecule is O=C(CC1CCS(=O)(=O)C1)N1CCC(CCO)C1. The van der Waals surface area contributed by atoms with Crippen LogP contribution in [0, 0.1) is 11.8 Å². The number of rotatable bonds is 4. The van der Waals surface area contributed by atoms with E-state index < -0.39 is 9.84 Å². The number of carbonyl (C=O) groups is 1. The maximum absolute atomic E-state index is 12.0. The molecule has 2 unspecified atom stereocenters. The number of sulfone groups is 1. The Morgan fingerprint density at radius 1 is 1.28 bits per heavy atom. The van der Waals surface area contributed by atoms with E-state index in [0.717, 1.165) is 25.9 Å². The van der Waals surface area contributed by atoms with Crippen LogP contribution in [0.3, 0.4) is 0 Å². The Morgan fingerprint density at radius 2 is 2.06 bits per heavy atom. The molecule has 2 saturated heterocycles. The average Bonchev–Trinajstić information content (AvgIpc) is 2.86. The molecular formula is C12H21NO4S. The summed E-state index contributed by atoms with van der Waals surface area (Å²) in [6, 6.07) is 0. The molecule has 0 bridgehead atoms. The number of hydrogen-bond donors (Lipinski definition) is 1. The Balaban J connectivity index is 1.79. The molecule has 5 nitrogen and oxygen atoms in total. The summed E-state index contributed by atoms with van der Waals surface area (Å²) in [7, 11) is -2.89. The van der Waals surface area contributed by atoms with Crippen LogP contribution in [0.25, 0.3) is 0 Å². The van der Waals surface area contributed by atoms with Gasteiger partial charge in [0, 0.05) is 26.1 Å². The summed E-state index contributed by atoms with van der Waals surface area (Å²) in [6.45, 7) is 1.65. The fraction of sp³-hybridized carbons (Fsp3) is 0.917. The quantitative estimate of drug-likeness (QED) is 0.786. The van der Waals surface area contributed by atoms with Crippen LogP contribution >= 0.6 is 0 Å². The highest BCUT2D eigenvalue weighted by Crippen LogP contribution is 2.25. The van der Waals surface area contributed by atoms with E-state index in [1.165, 1.54) is 0 Å². The molecule has 2 aliphatic heterocycles. The number of likely N-dealkylation sites (tertiary alicyclic amines) is 1. The van der Waals surface area contributed by atoms with Gasteiger partial charge in [-0.1, -0.05) is 0 Å². The van der Waals surface area contributed by atoms with E-state index in [2.05, 4.69) is 0 Å². The van der Waals surface area contributed by atoms with E-state index in [1.807, 2.05) is 4.90 Å². The molecule has 104 valence electrons. The Bertz CT molecular complexity index is 406. The molecule has 0 aromatic rings. The van der Waals surface area contributed by atoms with Crippen LogP contribution in [0.15, 0.2) is 0 Å². The van der Waals surface area contributed by atoms with E-state index in [0.29, 0.717) is 18.8 Å². The minimum absolute atomic E-state index is 0.0133. The van der Waals surface area contributed by atoms with Crippen LogP contribution in [0.5, 0.6) is 0 Å². The first-order valence-electron chi connectivity index (χ1n) is 6.59. The molecule has 0 aliphatic carbocycles. The van der Waals surface area contributed by atoms with Crippen LogP contribution in [-0.4, -0.2) is 55.5 Å². The van der Waals surface area contributed by atoms with E-state index in [4.69, 9.17) is 5.11 Å². The molecule has 0 aromatic carbocycles. The predicted molar refractivity (Wildman–Crippen MR) is 67.8 cm³/mol. The lowest BCUT2D eigenvalue weighted by molar-refractivity contribution is -0.131. The van der Waals surface area contributed by atoms with Crippen molar-refractivity contribution in [1.29, 1.82) is 0 Å². The van der Waals surface area contributed by atoms with E-state index in [1.54, 1.807) is 0 Å². The van der Waals surface area contributed by atoms with Gasteiger partial charge in [0.25, 0.3) is 0 Å². The van der Waals surface area contributed by atoms with Gasteiger partial charge in [0.15, 0.2) is 9.84 Å². The third-order valence-corrected chi connectivity index (χ3v) is 5.80. The summed E-state index contributed by atoms with van der Waals surface area (Å²) >= 11 is 0. The van der Waals surface area contributed by atoms with Crippen molar-refractivity contribution in [1.82, 2.24) is 4.90 Å². The van der Waals surface area contributed by atoms with E-state index >= 15 is 0 Å². The van der Waals surface area contributed by atoms with E-state index in [9.17, 15) is 13.2 Å². The molecule has 0 spiro atoms. The van der Waals surface area contributed by atoms with Crippen LogP contribution in [0.4, 0.5) is 0 Å². The van der Waals surface area contributed by atoms with Gasteiger partial charge >= 0.3 is 0 Å². The van der Waals surface area contributed by atoms with Gasteiger partial charge in [-0.2, -0.15) is 0 Å². The monoisotopic (exact) mass is 275 g/mol. The summed E-state index contributed by atoms with van der Waals surface area (Å²) in [5, 5.41) is 8.87. The van der Waals surface area contributed by atoms with Gasteiger partial charge in [-0.15, -0.1) is 0 Å². The number of aliphatic hydroxyl groups is 1. The maximum Gasteiger partial charge on any atom is 0.222 e. The molecule has 2 fully saturated rings. The van der Waals surface area contributed by atoms with Gasteiger partial charge < -0.3 is 10.0 Å². The molecule has 0 radical (unpaired) electrons. The van der Waals surface area contributed by atoms with Crippen molar-refractivity contribution < 1.29 is 18.3 Å². The predicted octanol–water partition coefficient (Wildman–Crippen LogP) is 0.0421. The van der Waals surface area contributed by atoms with Crippen molar-refractivity contribution >= 4 is 15.7 Å². The fourth-order valence-corrected chi connectivity index (χ4v) is 4.75. The first-order valence-corrected chi connectivity index (χ1v) is 8.41. The number of nitrogens with zero attached hydrogens (tertiary/aromatic N) is 1. The molecule has 2 rings (SSSR count). The van der Waals surface area contributed by atoms with Crippen LogP contribution < -0.4 is 0 Å². The van der Waals surface area contributed by atoms with E-state index in [-0.39, 0.29) is 29.9 Å². The summed E-state index contributed by atoms with van der Waals surface area (Å²) in [6.07, 6.45) is 2.70. The van der Waals surface area contributed by atoms with Gasteiger partial charge in [0.2, 0.25) is 5.91 Å². The van der Waals surface area contributed by atoms with Crippen molar-refractivity contribution in [2.75, 3.05) is 31.2 Å². The third kappa shape index (κ3) is 3.45. The number of amides is 1. The maximum atomic E-state index is 12.0. The molecule has 2 atom stereocenters. The first-order chi connectivity index (χ1) is 8.50. The second kappa shape index (κ2) is 5.57. The standard InChI is InChI=1S/C12H21NO4S/c14-5-2-10-1-4-13(8-10)12(15)7-11-3-6-18(16,17)9-11/h10-11,14H,1-9H2. The lowest BCUT2D eigenvalue weighted by atomic mass is 10.0.